The first-order chi connectivity index (χ1) is 10.3. The van der Waals surface area contributed by atoms with E-state index in [-0.39, 0.29) is 11.7 Å². The third kappa shape index (κ3) is 3.12. The fraction of sp³-hybridized carbons (Fsp3) is 0.150. The monoisotopic (exact) mass is 272 g/mol. The molecule has 0 saturated carbocycles. The fourth-order valence-electron chi connectivity index (χ4n) is 2.56. The van der Waals surface area contributed by atoms with E-state index >= 15 is 0 Å². The van der Waals surface area contributed by atoms with Gasteiger partial charge in [0.15, 0.2) is 5.78 Å². The van der Waals surface area contributed by atoms with Gasteiger partial charge in [-0.15, -0.1) is 0 Å². The maximum atomic E-state index is 12.1. The Bertz CT molecular complexity index is 715. The molecule has 0 aromatic heterocycles. The first-order valence-corrected chi connectivity index (χ1v) is 7.19. The molecule has 1 atom stereocenters. The van der Waals surface area contributed by atoms with Crippen LogP contribution >= 0.6 is 0 Å². The Morgan fingerprint density at radius 3 is 2.19 bits per heavy atom. The molecule has 0 radical (unpaired) electrons. The minimum Gasteiger partial charge on any atom is -0.294 e. The molecule has 1 heteroatoms. The molecule has 1 unspecified atom stereocenters. The van der Waals surface area contributed by atoms with Gasteiger partial charge in [-0.2, -0.15) is 0 Å². The van der Waals surface area contributed by atoms with Crippen molar-refractivity contribution in [2.45, 2.75) is 18.8 Å². The molecule has 0 heterocycles. The summed E-state index contributed by atoms with van der Waals surface area (Å²) in [6.45, 7) is 0. The molecular weight excluding hydrogens is 256 g/mol. The van der Waals surface area contributed by atoms with Gasteiger partial charge in [0.05, 0.1) is 5.92 Å². The quantitative estimate of drug-likeness (QED) is 0.752. The molecule has 21 heavy (non-hydrogen) atoms. The molecule has 2 aromatic rings. The van der Waals surface area contributed by atoms with E-state index < -0.39 is 0 Å². The second-order valence-corrected chi connectivity index (χ2v) is 5.10. The van der Waals surface area contributed by atoms with E-state index in [1.807, 2.05) is 66.7 Å². The van der Waals surface area contributed by atoms with Crippen LogP contribution in [0.15, 0.2) is 72.3 Å². The number of ketones is 1. The Hall–Kier alpha value is -2.59. The lowest BCUT2D eigenvalue weighted by Gasteiger charge is -2.11. The summed E-state index contributed by atoms with van der Waals surface area (Å²) in [5.74, 6) is 6.59. The van der Waals surface area contributed by atoms with E-state index in [4.69, 9.17) is 0 Å². The maximum absolute atomic E-state index is 12.1. The van der Waals surface area contributed by atoms with Crippen LogP contribution in [0, 0.1) is 11.8 Å². The molecule has 0 N–H and O–H groups in total. The Kier molecular flexibility index (Phi) is 3.98. The van der Waals surface area contributed by atoms with Crippen molar-refractivity contribution in [3.8, 4) is 11.8 Å². The molecule has 102 valence electrons. The highest BCUT2D eigenvalue weighted by Gasteiger charge is 2.23. The zero-order chi connectivity index (χ0) is 14.5. The molecule has 0 bridgehead atoms. The minimum atomic E-state index is -0.124. The van der Waals surface area contributed by atoms with Gasteiger partial charge in [-0.05, 0) is 24.1 Å². The molecule has 1 aliphatic rings. The van der Waals surface area contributed by atoms with Gasteiger partial charge in [0.25, 0.3) is 0 Å². The highest BCUT2D eigenvalue weighted by Crippen LogP contribution is 2.29. The summed E-state index contributed by atoms with van der Waals surface area (Å²) in [5.41, 5.74) is 2.91. The van der Waals surface area contributed by atoms with Crippen molar-refractivity contribution in [2.75, 3.05) is 0 Å². The summed E-state index contributed by atoms with van der Waals surface area (Å²) in [7, 11) is 0. The third-order valence-corrected chi connectivity index (χ3v) is 3.64. The number of hydrogen-bond donors (Lipinski definition) is 0. The van der Waals surface area contributed by atoms with Crippen LogP contribution in [0.4, 0.5) is 0 Å². The maximum Gasteiger partial charge on any atom is 0.160 e. The van der Waals surface area contributed by atoms with Crippen LogP contribution in [0.3, 0.4) is 0 Å². The van der Waals surface area contributed by atoms with Crippen LogP contribution in [-0.2, 0) is 4.79 Å². The lowest BCUT2D eigenvalue weighted by molar-refractivity contribution is -0.115. The van der Waals surface area contributed by atoms with Gasteiger partial charge in [-0.1, -0.05) is 66.4 Å². The van der Waals surface area contributed by atoms with Crippen LogP contribution in [0.2, 0.25) is 0 Å². The molecule has 3 rings (SSSR count). The largest absolute Gasteiger partial charge is 0.294 e. The molecule has 0 spiro atoms. The van der Waals surface area contributed by atoms with Crippen molar-refractivity contribution < 1.29 is 4.79 Å². The number of Topliss-reactive ketones (excluding diaryl/α,β-unsaturated/α-hetero) is 1. The summed E-state index contributed by atoms with van der Waals surface area (Å²) in [5, 5.41) is 0. The van der Waals surface area contributed by atoms with Crippen LogP contribution in [0.25, 0.3) is 0 Å². The molecular formula is C20H16O. The van der Waals surface area contributed by atoms with Crippen LogP contribution in [0.1, 0.15) is 29.9 Å². The summed E-state index contributed by atoms with van der Waals surface area (Å²) >= 11 is 0. The molecule has 0 saturated heterocycles. The Labute approximate surface area is 125 Å². The topological polar surface area (TPSA) is 17.1 Å². The van der Waals surface area contributed by atoms with Crippen molar-refractivity contribution in [1.29, 1.82) is 0 Å². The van der Waals surface area contributed by atoms with Gasteiger partial charge in [0.2, 0.25) is 0 Å². The summed E-state index contributed by atoms with van der Waals surface area (Å²) in [6.07, 6.45) is 3.50. The zero-order valence-electron chi connectivity index (χ0n) is 11.8. The van der Waals surface area contributed by atoms with Crippen molar-refractivity contribution in [1.82, 2.24) is 0 Å². The average Bonchev–Trinajstić information content (AvgIpc) is 2.96. The van der Waals surface area contributed by atoms with E-state index in [2.05, 4.69) is 11.8 Å². The van der Waals surface area contributed by atoms with Crippen LogP contribution in [0.5, 0.6) is 0 Å². The van der Waals surface area contributed by atoms with Gasteiger partial charge in [0, 0.05) is 17.6 Å². The van der Waals surface area contributed by atoms with Gasteiger partial charge < -0.3 is 0 Å². The van der Waals surface area contributed by atoms with Crippen LogP contribution in [-0.4, -0.2) is 5.78 Å². The lowest BCUT2D eigenvalue weighted by atomic mass is 9.90. The predicted molar refractivity (Wildman–Crippen MR) is 84.8 cm³/mol. The average molecular weight is 272 g/mol. The number of benzene rings is 2. The highest BCUT2D eigenvalue weighted by molar-refractivity contribution is 5.99. The van der Waals surface area contributed by atoms with Crippen molar-refractivity contribution in [2.24, 2.45) is 0 Å². The van der Waals surface area contributed by atoms with Gasteiger partial charge in [0.1, 0.15) is 0 Å². The first kappa shape index (κ1) is 13.4. The number of hydrogen-bond acceptors (Lipinski definition) is 1. The zero-order valence-corrected chi connectivity index (χ0v) is 11.8. The number of carbonyl (C=O) groups is 1. The van der Waals surface area contributed by atoms with Gasteiger partial charge in [-0.25, -0.2) is 0 Å². The summed E-state index contributed by atoms with van der Waals surface area (Å²) in [4.78, 5) is 12.1. The Morgan fingerprint density at radius 1 is 0.905 bits per heavy atom. The van der Waals surface area contributed by atoms with E-state index in [0.29, 0.717) is 6.42 Å². The number of allylic oxidation sites excluding steroid dienone is 2. The molecule has 1 nitrogen and oxygen atoms in total. The number of carbonyl (C=O) groups excluding carboxylic acids is 1. The second kappa shape index (κ2) is 6.24. The summed E-state index contributed by atoms with van der Waals surface area (Å²) in [6, 6.07) is 19.9. The van der Waals surface area contributed by atoms with Crippen molar-refractivity contribution in [3.05, 3.63) is 83.4 Å². The second-order valence-electron chi connectivity index (χ2n) is 5.10. The lowest BCUT2D eigenvalue weighted by Crippen LogP contribution is -2.06. The fourth-order valence-corrected chi connectivity index (χ4v) is 2.56. The molecule has 0 amide bonds. The number of rotatable bonds is 2. The first-order valence-electron chi connectivity index (χ1n) is 7.19. The SMILES string of the molecule is O=C1CCC=C1C(C#Cc1ccccc1)c1ccccc1. The van der Waals surface area contributed by atoms with Crippen molar-refractivity contribution >= 4 is 5.78 Å². The Morgan fingerprint density at radius 2 is 1.57 bits per heavy atom. The molecule has 2 aromatic carbocycles. The van der Waals surface area contributed by atoms with Gasteiger partial charge in [-0.3, -0.25) is 4.79 Å². The van der Waals surface area contributed by atoms with E-state index in [1.54, 1.807) is 0 Å². The standard InChI is InChI=1S/C20H16O/c21-20-13-7-12-19(20)18(17-10-5-2-6-11-17)15-14-16-8-3-1-4-9-16/h1-6,8-12,18H,7,13H2. The summed E-state index contributed by atoms with van der Waals surface area (Å²) < 4.78 is 0. The smallest absolute Gasteiger partial charge is 0.160 e. The van der Waals surface area contributed by atoms with E-state index in [1.165, 1.54) is 0 Å². The third-order valence-electron chi connectivity index (χ3n) is 3.64. The van der Waals surface area contributed by atoms with E-state index in [0.717, 1.165) is 23.1 Å². The normalized spacial score (nSPS) is 15.0. The minimum absolute atomic E-state index is 0.124. The highest BCUT2D eigenvalue weighted by atomic mass is 16.1. The van der Waals surface area contributed by atoms with Crippen molar-refractivity contribution in [3.63, 3.8) is 0 Å². The van der Waals surface area contributed by atoms with Gasteiger partial charge >= 0.3 is 0 Å². The Balaban J connectivity index is 1.98. The molecule has 1 aliphatic carbocycles. The van der Waals surface area contributed by atoms with Crippen LogP contribution < -0.4 is 0 Å². The predicted octanol–water partition coefficient (Wildman–Crippen LogP) is 4.11. The molecule has 0 fully saturated rings. The van der Waals surface area contributed by atoms with E-state index in [9.17, 15) is 4.79 Å². The molecule has 0 aliphatic heterocycles.